The Bertz CT molecular complexity index is 809. The summed E-state index contributed by atoms with van der Waals surface area (Å²) in [6, 6.07) is 8.56. The van der Waals surface area contributed by atoms with Crippen molar-refractivity contribution in [3.63, 3.8) is 0 Å². The van der Waals surface area contributed by atoms with Gasteiger partial charge in [-0.1, -0.05) is 12.1 Å². The van der Waals surface area contributed by atoms with Gasteiger partial charge in [0.15, 0.2) is 0 Å². The molecule has 1 amide bonds. The number of hydrogen-bond donors (Lipinski definition) is 0. The van der Waals surface area contributed by atoms with E-state index >= 15 is 0 Å². The summed E-state index contributed by atoms with van der Waals surface area (Å²) in [7, 11) is 0. The first kappa shape index (κ1) is 16.1. The van der Waals surface area contributed by atoms with E-state index in [1.807, 2.05) is 11.8 Å². The highest BCUT2D eigenvalue weighted by molar-refractivity contribution is 5.94. The number of hydrogen-bond acceptors (Lipinski definition) is 4. The summed E-state index contributed by atoms with van der Waals surface area (Å²) in [5.41, 5.74) is 5.31. The Morgan fingerprint density at radius 2 is 1.84 bits per heavy atom. The minimum atomic E-state index is 0.0764. The van der Waals surface area contributed by atoms with Gasteiger partial charge in [-0.05, 0) is 50.8 Å². The van der Waals surface area contributed by atoms with Gasteiger partial charge in [-0.3, -0.25) is 4.79 Å². The first-order valence-electron chi connectivity index (χ1n) is 9.09. The quantitative estimate of drug-likeness (QED) is 0.846. The van der Waals surface area contributed by atoms with Crippen LogP contribution in [0.5, 0.6) is 0 Å². The fraction of sp³-hybridized carbons (Fsp3) is 0.450. The number of carbonyl (C=O) groups excluding carboxylic acids is 1. The zero-order chi connectivity index (χ0) is 17.4. The second kappa shape index (κ2) is 6.47. The van der Waals surface area contributed by atoms with Crippen molar-refractivity contribution in [1.29, 1.82) is 0 Å². The average Bonchev–Trinajstić information content (AvgIpc) is 3.09. The molecule has 5 heteroatoms. The summed E-state index contributed by atoms with van der Waals surface area (Å²) in [5.74, 6) is 0.787. The molecule has 0 N–H and O–H groups in total. The minimum absolute atomic E-state index is 0.0764. The molecular weight excluding hydrogens is 312 g/mol. The Balaban J connectivity index is 1.49. The van der Waals surface area contributed by atoms with Gasteiger partial charge in [0, 0.05) is 43.1 Å². The molecule has 2 heterocycles. The van der Waals surface area contributed by atoms with E-state index in [0.29, 0.717) is 11.5 Å². The standard InChI is InChI=1S/C20H24N4O/c1-14-5-3-6-16(13-14)23-9-11-24(12-10-23)20(25)19-17-7-4-8-18(17)21-15(2)22-19/h3,5-6,13H,4,7-12H2,1-2H3. The maximum Gasteiger partial charge on any atom is 0.273 e. The molecule has 0 radical (unpaired) electrons. The van der Waals surface area contributed by atoms with Gasteiger partial charge in [-0.25, -0.2) is 9.97 Å². The fourth-order valence-corrected chi connectivity index (χ4v) is 3.87. The molecule has 1 aliphatic heterocycles. The SMILES string of the molecule is Cc1cccc(N2CCN(C(=O)c3nc(C)nc4c3CCC4)CC2)c1. The monoisotopic (exact) mass is 336 g/mol. The number of benzene rings is 1. The van der Waals surface area contributed by atoms with E-state index < -0.39 is 0 Å². The van der Waals surface area contributed by atoms with Crippen LogP contribution in [0.1, 0.15) is 39.6 Å². The van der Waals surface area contributed by atoms with E-state index in [0.717, 1.165) is 56.7 Å². The number of anilines is 1. The summed E-state index contributed by atoms with van der Waals surface area (Å²) in [6.45, 7) is 7.20. The highest BCUT2D eigenvalue weighted by Gasteiger charge is 2.28. The Morgan fingerprint density at radius 3 is 2.60 bits per heavy atom. The lowest BCUT2D eigenvalue weighted by atomic mass is 10.1. The summed E-state index contributed by atoms with van der Waals surface area (Å²) < 4.78 is 0. The highest BCUT2D eigenvalue weighted by Crippen LogP contribution is 2.25. The number of aryl methyl sites for hydroxylation is 3. The van der Waals surface area contributed by atoms with Crippen molar-refractivity contribution < 1.29 is 4.79 Å². The number of piperazine rings is 1. The average molecular weight is 336 g/mol. The molecular formula is C20H24N4O. The number of amides is 1. The van der Waals surface area contributed by atoms with Crippen molar-refractivity contribution in [3.05, 3.63) is 52.6 Å². The molecule has 1 aromatic carbocycles. The largest absolute Gasteiger partial charge is 0.368 e. The Morgan fingerprint density at radius 1 is 1.04 bits per heavy atom. The van der Waals surface area contributed by atoms with Gasteiger partial charge < -0.3 is 9.80 Å². The third-order valence-electron chi connectivity index (χ3n) is 5.18. The van der Waals surface area contributed by atoms with E-state index in [-0.39, 0.29) is 5.91 Å². The van der Waals surface area contributed by atoms with Crippen LogP contribution < -0.4 is 4.90 Å². The molecule has 0 atom stereocenters. The molecule has 5 nitrogen and oxygen atoms in total. The van der Waals surface area contributed by atoms with Gasteiger partial charge in [-0.2, -0.15) is 0 Å². The van der Waals surface area contributed by atoms with Gasteiger partial charge in [0.05, 0.1) is 0 Å². The van der Waals surface area contributed by atoms with Crippen molar-refractivity contribution in [1.82, 2.24) is 14.9 Å². The van der Waals surface area contributed by atoms with Crippen molar-refractivity contribution in [2.75, 3.05) is 31.1 Å². The van der Waals surface area contributed by atoms with E-state index in [9.17, 15) is 4.79 Å². The van der Waals surface area contributed by atoms with Crippen molar-refractivity contribution >= 4 is 11.6 Å². The highest BCUT2D eigenvalue weighted by atomic mass is 16.2. The van der Waals surface area contributed by atoms with Crippen molar-refractivity contribution in [3.8, 4) is 0 Å². The predicted octanol–water partition coefficient (Wildman–Crippen LogP) is 2.54. The zero-order valence-corrected chi connectivity index (χ0v) is 15.0. The van der Waals surface area contributed by atoms with Crippen LogP contribution in [0, 0.1) is 13.8 Å². The molecule has 4 rings (SSSR count). The van der Waals surface area contributed by atoms with Crippen LogP contribution in [0.25, 0.3) is 0 Å². The van der Waals surface area contributed by atoms with Crippen LogP contribution in [-0.2, 0) is 12.8 Å². The second-order valence-electron chi connectivity index (χ2n) is 7.02. The van der Waals surface area contributed by atoms with E-state index in [2.05, 4.69) is 46.1 Å². The smallest absolute Gasteiger partial charge is 0.273 e. The lowest BCUT2D eigenvalue weighted by Gasteiger charge is -2.36. The molecule has 130 valence electrons. The predicted molar refractivity (Wildman–Crippen MR) is 98.1 cm³/mol. The second-order valence-corrected chi connectivity index (χ2v) is 7.02. The summed E-state index contributed by atoms with van der Waals surface area (Å²) >= 11 is 0. The molecule has 0 unspecified atom stereocenters. The number of rotatable bonds is 2. The molecule has 2 aliphatic rings. The molecule has 0 spiro atoms. The van der Waals surface area contributed by atoms with Crippen LogP contribution >= 0.6 is 0 Å². The molecule has 1 saturated heterocycles. The summed E-state index contributed by atoms with van der Waals surface area (Å²) in [4.78, 5) is 26.3. The summed E-state index contributed by atoms with van der Waals surface area (Å²) in [6.07, 6.45) is 2.98. The topological polar surface area (TPSA) is 49.3 Å². The van der Waals surface area contributed by atoms with Crippen LogP contribution in [0.4, 0.5) is 5.69 Å². The lowest BCUT2D eigenvalue weighted by Crippen LogP contribution is -2.49. The number of fused-ring (bicyclic) bond motifs is 1. The van der Waals surface area contributed by atoms with Crippen LogP contribution in [-0.4, -0.2) is 47.0 Å². The Kier molecular flexibility index (Phi) is 4.15. The van der Waals surface area contributed by atoms with Gasteiger partial charge in [0.25, 0.3) is 5.91 Å². The van der Waals surface area contributed by atoms with Crippen LogP contribution in [0.3, 0.4) is 0 Å². The molecule has 1 aliphatic carbocycles. The molecule has 1 fully saturated rings. The molecule has 2 aromatic rings. The van der Waals surface area contributed by atoms with Crippen molar-refractivity contribution in [2.24, 2.45) is 0 Å². The van der Waals surface area contributed by atoms with E-state index in [1.165, 1.54) is 11.3 Å². The van der Waals surface area contributed by atoms with Crippen LogP contribution in [0.15, 0.2) is 24.3 Å². The normalized spacial score (nSPS) is 16.9. The first-order valence-corrected chi connectivity index (χ1v) is 9.09. The van der Waals surface area contributed by atoms with Gasteiger partial charge in [-0.15, -0.1) is 0 Å². The first-order chi connectivity index (χ1) is 12.1. The lowest BCUT2D eigenvalue weighted by molar-refractivity contribution is 0.0739. The van der Waals surface area contributed by atoms with Crippen molar-refractivity contribution in [2.45, 2.75) is 33.1 Å². The molecule has 0 saturated carbocycles. The van der Waals surface area contributed by atoms with Gasteiger partial charge in [0.1, 0.15) is 11.5 Å². The fourth-order valence-electron chi connectivity index (χ4n) is 3.87. The molecule has 0 bridgehead atoms. The van der Waals surface area contributed by atoms with E-state index in [4.69, 9.17) is 0 Å². The third-order valence-corrected chi connectivity index (χ3v) is 5.18. The summed E-state index contributed by atoms with van der Waals surface area (Å²) in [5, 5.41) is 0. The molecule has 1 aromatic heterocycles. The number of nitrogens with zero attached hydrogens (tertiary/aromatic N) is 4. The maximum absolute atomic E-state index is 13.0. The molecule has 25 heavy (non-hydrogen) atoms. The number of aromatic nitrogens is 2. The van der Waals surface area contributed by atoms with Gasteiger partial charge in [0.2, 0.25) is 0 Å². The van der Waals surface area contributed by atoms with Crippen LogP contribution in [0.2, 0.25) is 0 Å². The number of carbonyl (C=O) groups is 1. The third kappa shape index (κ3) is 3.11. The Labute approximate surface area is 148 Å². The van der Waals surface area contributed by atoms with E-state index in [1.54, 1.807) is 0 Å². The minimum Gasteiger partial charge on any atom is -0.368 e. The zero-order valence-electron chi connectivity index (χ0n) is 15.0. The maximum atomic E-state index is 13.0. The van der Waals surface area contributed by atoms with Gasteiger partial charge >= 0.3 is 0 Å². The Hall–Kier alpha value is -2.43.